The number of benzene rings is 1. The van der Waals surface area contributed by atoms with Gasteiger partial charge < -0.3 is 21.1 Å². The zero-order chi connectivity index (χ0) is 18.6. The number of carbonyl (C=O) groups is 2. The second-order valence-electron chi connectivity index (χ2n) is 6.21. The van der Waals surface area contributed by atoms with E-state index in [1.54, 1.807) is 38.1 Å². The fourth-order valence-corrected chi connectivity index (χ4v) is 1.93. The Morgan fingerprint density at radius 1 is 1.20 bits per heavy atom. The van der Waals surface area contributed by atoms with Crippen molar-refractivity contribution in [2.45, 2.75) is 26.3 Å². The molecule has 4 N–H and O–H groups in total. The minimum absolute atomic E-state index is 0.256. The topological polar surface area (TPSA) is 106 Å². The average Bonchev–Trinajstić information content (AvgIpc) is 2.56. The van der Waals surface area contributed by atoms with Gasteiger partial charge in [0, 0.05) is 31.1 Å². The van der Waals surface area contributed by atoms with Crippen LogP contribution >= 0.6 is 0 Å². The quantitative estimate of drug-likeness (QED) is 0.772. The number of rotatable bonds is 5. The van der Waals surface area contributed by atoms with Crippen molar-refractivity contribution in [2.75, 3.05) is 12.4 Å². The Labute approximate surface area is 146 Å². The largest absolute Gasteiger partial charge is 0.457 e. The molecule has 25 heavy (non-hydrogen) atoms. The molecule has 1 aromatic heterocycles. The van der Waals surface area contributed by atoms with Gasteiger partial charge in [-0.2, -0.15) is 0 Å². The van der Waals surface area contributed by atoms with Crippen molar-refractivity contribution in [3.8, 4) is 11.5 Å². The van der Waals surface area contributed by atoms with Crippen molar-refractivity contribution in [1.29, 1.82) is 0 Å². The van der Waals surface area contributed by atoms with Crippen molar-refractivity contribution in [3.63, 3.8) is 0 Å². The molecule has 2 amide bonds. The van der Waals surface area contributed by atoms with E-state index >= 15 is 0 Å². The van der Waals surface area contributed by atoms with Gasteiger partial charge in [0.25, 0.3) is 5.91 Å². The molecule has 2 aromatic rings. The Hall–Kier alpha value is -2.93. The fourth-order valence-electron chi connectivity index (χ4n) is 1.93. The Kier molecular flexibility index (Phi) is 5.38. The first-order valence-electron chi connectivity index (χ1n) is 7.77. The standard InChI is InChI=1S/C18H22N4O3/c1-11-5-6-12(22-17(24)18(2,3)19)9-15(11)25-13-7-8-21-14(10-13)16(23)20-4/h5-10H,19H2,1-4H3,(H,20,23)(H,22,24). The van der Waals surface area contributed by atoms with Crippen molar-refractivity contribution < 1.29 is 14.3 Å². The van der Waals surface area contributed by atoms with Gasteiger partial charge in [0.15, 0.2) is 0 Å². The maximum atomic E-state index is 12.0. The van der Waals surface area contributed by atoms with Gasteiger partial charge in [-0.1, -0.05) is 6.07 Å². The number of aryl methyl sites for hydroxylation is 1. The SMILES string of the molecule is CNC(=O)c1cc(Oc2cc(NC(=O)C(C)(C)N)ccc2C)ccn1. The van der Waals surface area contributed by atoms with Crippen molar-refractivity contribution in [2.24, 2.45) is 5.73 Å². The van der Waals surface area contributed by atoms with Crippen LogP contribution in [0.25, 0.3) is 0 Å². The lowest BCUT2D eigenvalue weighted by Gasteiger charge is -2.18. The molecular weight excluding hydrogens is 320 g/mol. The molecule has 1 aromatic carbocycles. The molecule has 0 aliphatic rings. The van der Waals surface area contributed by atoms with Gasteiger partial charge in [-0.05, 0) is 38.5 Å². The van der Waals surface area contributed by atoms with Crippen LogP contribution in [-0.4, -0.2) is 29.4 Å². The van der Waals surface area contributed by atoms with Crippen LogP contribution in [0.2, 0.25) is 0 Å². The molecule has 132 valence electrons. The summed E-state index contributed by atoms with van der Waals surface area (Å²) in [5.74, 6) is 0.433. The van der Waals surface area contributed by atoms with E-state index in [0.717, 1.165) is 5.56 Å². The lowest BCUT2D eigenvalue weighted by molar-refractivity contribution is -0.120. The molecule has 7 nitrogen and oxygen atoms in total. The number of nitrogens with one attached hydrogen (secondary N) is 2. The second kappa shape index (κ2) is 7.31. The van der Waals surface area contributed by atoms with Crippen LogP contribution in [0, 0.1) is 6.92 Å². The maximum absolute atomic E-state index is 12.0. The molecule has 0 saturated carbocycles. The normalized spacial score (nSPS) is 10.9. The van der Waals surface area contributed by atoms with Crippen molar-refractivity contribution >= 4 is 17.5 Å². The Morgan fingerprint density at radius 3 is 2.56 bits per heavy atom. The van der Waals surface area contributed by atoms with Crippen LogP contribution in [0.15, 0.2) is 36.5 Å². The van der Waals surface area contributed by atoms with Gasteiger partial charge in [0.2, 0.25) is 5.91 Å². The van der Waals surface area contributed by atoms with Gasteiger partial charge in [0.1, 0.15) is 17.2 Å². The first-order valence-corrected chi connectivity index (χ1v) is 7.77. The number of anilines is 1. The molecule has 0 atom stereocenters. The lowest BCUT2D eigenvalue weighted by atomic mass is 10.1. The van der Waals surface area contributed by atoms with E-state index < -0.39 is 5.54 Å². The minimum Gasteiger partial charge on any atom is -0.457 e. The number of ether oxygens (including phenoxy) is 1. The molecule has 0 bridgehead atoms. The van der Waals surface area contributed by atoms with Crippen LogP contribution in [-0.2, 0) is 4.79 Å². The maximum Gasteiger partial charge on any atom is 0.269 e. The second-order valence-corrected chi connectivity index (χ2v) is 6.21. The van der Waals surface area contributed by atoms with Crippen LogP contribution in [0.1, 0.15) is 29.9 Å². The molecule has 0 aliphatic carbocycles. The first kappa shape index (κ1) is 18.4. The zero-order valence-electron chi connectivity index (χ0n) is 14.7. The van der Waals surface area contributed by atoms with E-state index in [0.29, 0.717) is 17.2 Å². The Bertz CT molecular complexity index is 797. The highest BCUT2D eigenvalue weighted by atomic mass is 16.5. The molecule has 7 heteroatoms. The smallest absolute Gasteiger partial charge is 0.269 e. The predicted octanol–water partition coefficient (Wildman–Crippen LogP) is 2.22. The monoisotopic (exact) mass is 342 g/mol. The van der Waals surface area contributed by atoms with E-state index in [1.807, 2.05) is 13.0 Å². The number of nitrogens with two attached hydrogens (primary N) is 1. The number of aromatic nitrogens is 1. The lowest BCUT2D eigenvalue weighted by Crippen LogP contribution is -2.45. The van der Waals surface area contributed by atoms with Gasteiger partial charge in [-0.3, -0.25) is 14.6 Å². The predicted molar refractivity (Wildman–Crippen MR) is 95.8 cm³/mol. The van der Waals surface area contributed by atoms with Crippen molar-refractivity contribution in [3.05, 3.63) is 47.8 Å². The van der Waals surface area contributed by atoms with E-state index in [1.165, 1.54) is 13.2 Å². The fraction of sp³-hybridized carbons (Fsp3) is 0.278. The van der Waals surface area contributed by atoms with E-state index in [4.69, 9.17) is 10.5 Å². The summed E-state index contributed by atoms with van der Waals surface area (Å²) in [5.41, 5.74) is 6.51. The van der Waals surface area contributed by atoms with Gasteiger partial charge in [-0.25, -0.2) is 0 Å². The molecule has 0 unspecified atom stereocenters. The summed E-state index contributed by atoms with van der Waals surface area (Å²) >= 11 is 0. The van der Waals surface area contributed by atoms with Gasteiger partial charge in [0.05, 0.1) is 5.54 Å². The number of hydrogen-bond acceptors (Lipinski definition) is 5. The summed E-state index contributed by atoms with van der Waals surface area (Å²) in [5, 5.41) is 5.27. The molecule has 2 rings (SSSR count). The number of amides is 2. The molecule has 0 spiro atoms. The van der Waals surface area contributed by atoms with Crippen LogP contribution in [0.4, 0.5) is 5.69 Å². The third kappa shape index (κ3) is 4.77. The number of carbonyl (C=O) groups excluding carboxylic acids is 2. The molecule has 0 radical (unpaired) electrons. The molecule has 0 saturated heterocycles. The van der Waals surface area contributed by atoms with Crippen LogP contribution < -0.4 is 21.1 Å². The van der Waals surface area contributed by atoms with Gasteiger partial charge >= 0.3 is 0 Å². The zero-order valence-corrected chi connectivity index (χ0v) is 14.7. The summed E-state index contributed by atoms with van der Waals surface area (Å²) in [4.78, 5) is 27.7. The van der Waals surface area contributed by atoms with Crippen LogP contribution in [0.5, 0.6) is 11.5 Å². The molecule has 1 heterocycles. The van der Waals surface area contributed by atoms with E-state index in [-0.39, 0.29) is 17.5 Å². The number of hydrogen-bond donors (Lipinski definition) is 3. The highest BCUT2D eigenvalue weighted by Gasteiger charge is 2.22. The first-order chi connectivity index (χ1) is 11.7. The third-order valence-electron chi connectivity index (χ3n) is 3.45. The third-order valence-corrected chi connectivity index (χ3v) is 3.45. The summed E-state index contributed by atoms with van der Waals surface area (Å²) in [6.07, 6.45) is 1.50. The number of nitrogens with zero attached hydrogens (tertiary/aromatic N) is 1. The van der Waals surface area contributed by atoms with Crippen LogP contribution in [0.3, 0.4) is 0 Å². The summed E-state index contributed by atoms with van der Waals surface area (Å²) < 4.78 is 5.85. The highest BCUT2D eigenvalue weighted by molar-refractivity contribution is 5.97. The van der Waals surface area contributed by atoms with Gasteiger partial charge in [-0.15, -0.1) is 0 Å². The molecule has 0 fully saturated rings. The Balaban J connectivity index is 2.24. The summed E-state index contributed by atoms with van der Waals surface area (Å²) in [7, 11) is 1.53. The highest BCUT2D eigenvalue weighted by Crippen LogP contribution is 2.28. The average molecular weight is 342 g/mol. The van der Waals surface area contributed by atoms with E-state index in [9.17, 15) is 9.59 Å². The summed E-state index contributed by atoms with van der Waals surface area (Å²) in [6.45, 7) is 5.14. The molecular formula is C18H22N4O3. The van der Waals surface area contributed by atoms with Crippen molar-refractivity contribution in [1.82, 2.24) is 10.3 Å². The van der Waals surface area contributed by atoms with E-state index in [2.05, 4.69) is 15.6 Å². The summed E-state index contributed by atoms with van der Waals surface area (Å²) in [6, 6.07) is 8.51. The number of pyridine rings is 1. The molecule has 0 aliphatic heterocycles. The Morgan fingerprint density at radius 2 is 1.92 bits per heavy atom. The minimum atomic E-state index is -0.987.